The summed E-state index contributed by atoms with van der Waals surface area (Å²) in [6, 6.07) is 16.1. The molecule has 8 rings (SSSR count). The number of nitrogens with one attached hydrogen (secondary N) is 1. The third-order valence-electron chi connectivity index (χ3n) is 7.65. The van der Waals surface area contributed by atoms with Gasteiger partial charge in [0.15, 0.2) is 22.5 Å². The lowest BCUT2D eigenvalue weighted by Gasteiger charge is -2.34. The minimum Gasteiger partial charge on any atom is -0.756 e. The Morgan fingerprint density at radius 3 is 2.80 bits per heavy atom. The number of aliphatic hydroxyl groups is 1. The van der Waals surface area contributed by atoms with Crippen LogP contribution >= 0.6 is 19.6 Å². The van der Waals surface area contributed by atoms with Crippen molar-refractivity contribution in [3.8, 4) is 11.3 Å². The average molecular weight is 636 g/mol. The van der Waals surface area contributed by atoms with Gasteiger partial charge in [-0.2, -0.15) is 4.98 Å². The fourth-order valence-corrected chi connectivity index (χ4v) is 7.48. The maximum absolute atomic E-state index is 13.8. The zero-order chi connectivity index (χ0) is 30.3. The highest BCUT2D eigenvalue weighted by Crippen LogP contribution is 2.50. The summed E-state index contributed by atoms with van der Waals surface area (Å²) in [6.45, 7) is 1.45. The molecule has 0 amide bonds. The molecule has 44 heavy (non-hydrogen) atoms. The van der Waals surface area contributed by atoms with E-state index < -0.39 is 43.5 Å². The molecule has 2 fully saturated rings. The molecule has 6 aromatic rings. The van der Waals surface area contributed by atoms with E-state index in [4.69, 9.17) is 23.2 Å². The standard InChI is InChI=1S/C28H22N5O9PS/c1-13-9-20(34)40-18-10-15(7-8-16(13)18)44-28-30-21-24(33(28)26-22(35)23-19(41-26)12-39-43(37,38)42-23)31-27-29-17(11-32(27)25(21)36)14-5-3-2-4-6-14/h2-11,19,22-23,26,35H,12H2,1H3,(H,29,31)(H,37,38)/t19?,22?,23-,26-/m1/s1. The number of rotatable bonds is 4. The molecule has 3 unspecified atom stereocenters. The van der Waals surface area contributed by atoms with Gasteiger partial charge in [-0.3, -0.25) is 13.9 Å². The van der Waals surface area contributed by atoms with Gasteiger partial charge in [0.2, 0.25) is 5.78 Å². The van der Waals surface area contributed by atoms with Gasteiger partial charge in [-0.25, -0.2) is 14.2 Å². The second kappa shape index (κ2) is 9.97. The number of hydrogen-bond acceptors (Lipinski definition) is 12. The molecular weight excluding hydrogens is 613 g/mol. The molecular formula is C28H22N5O9PS. The van der Waals surface area contributed by atoms with Crippen molar-refractivity contribution in [2.75, 3.05) is 6.61 Å². The largest absolute Gasteiger partial charge is 1.00 e. The van der Waals surface area contributed by atoms with E-state index in [9.17, 15) is 24.2 Å². The Bertz CT molecular complexity index is 2290. The normalized spacial score (nSPS) is 25.2. The van der Waals surface area contributed by atoms with Crippen LogP contribution in [-0.2, 0) is 18.3 Å². The summed E-state index contributed by atoms with van der Waals surface area (Å²) in [6.07, 6.45) is -3.25. The number of imidazole rings is 2. The number of ether oxygens (including phenoxy) is 1. The number of H-pyrrole nitrogens is 1. The van der Waals surface area contributed by atoms with Gasteiger partial charge in [0.1, 0.15) is 23.9 Å². The van der Waals surface area contributed by atoms with Crippen molar-refractivity contribution in [3.63, 3.8) is 0 Å². The van der Waals surface area contributed by atoms with E-state index in [2.05, 4.69) is 9.97 Å². The van der Waals surface area contributed by atoms with Gasteiger partial charge >= 0.3 is 7.05 Å². The van der Waals surface area contributed by atoms with Crippen molar-refractivity contribution in [2.24, 2.45) is 0 Å². The van der Waals surface area contributed by atoms with Crippen molar-refractivity contribution in [3.05, 3.63) is 87.1 Å². The summed E-state index contributed by atoms with van der Waals surface area (Å²) >= 11 is 1.12. The average Bonchev–Trinajstić information content (AvgIpc) is 3.67. The van der Waals surface area contributed by atoms with Crippen molar-refractivity contribution >= 4 is 47.5 Å². The minimum absolute atomic E-state index is 0. The van der Waals surface area contributed by atoms with E-state index in [0.29, 0.717) is 16.2 Å². The van der Waals surface area contributed by atoms with E-state index in [1.54, 1.807) is 31.3 Å². The van der Waals surface area contributed by atoms with Crippen molar-refractivity contribution in [1.29, 1.82) is 0 Å². The van der Waals surface area contributed by atoms with Crippen molar-refractivity contribution < 1.29 is 34.2 Å². The molecule has 14 nitrogen and oxygen atoms in total. The first-order valence-corrected chi connectivity index (χ1v) is 15.7. The topological polar surface area (TPSA) is 186 Å². The quantitative estimate of drug-likeness (QED) is 0.213. The number of benzene rings is 2. The van der Waals surface area contributed by atoms with Crippen LogP contribution in [0.4, 0.5) is 0 Å². The first-order valence-electron chi connectivity index (χ1n) is 13.4. The molecule has 0 aliphatic carbocycles. The molecule has 6 heterocycles. The fourth-order valence-electron chi connectivity index (χ4n) is 5.59. The molecule has 0 saturated carbocycles. The second-order valence-electron chi connectivity index (χ2n) is 10.5. The first kappa shape index (κ1) is 27.5. The Hall–Kier alpha value is -4.08. The number of aromatic amines is 1. The van der Waals surface area contributed by atoms with E-state index in [0.717, 1.165) is 28.3 Å². The van der Waals surface area contributed by atoms with Gasteiger partial charge in [-0.05, 0) is 36.2 Å². The SMILES string of the molecule is Cc1cc(=O)oc2cc(Sc3nc4c(=O)n5cc(-c6ccccc6)[nH]c5nc4n3[C@@H]3OC4COP(=O)([O-])O[C@H]4C3O)ccc12.[H+]. The number of aryl methyl sites for hydroxylation is 1. The van der Waals surface area contributed by atoms with Crippen LogP contribution in [0.25, 0.3) is 39.2 Å². The summed E-state index contributed by atoms with van der Waals surface area (Å²) in [4.78, 5) is 50.9. The predicted molar refractivity (Wildman–Crippen MR) is 155 cm³/mol. The maximum atomic E-state index is 13.8. The van der Waals surface area contributed by atoms with Crippen LogP contribution in [-0.4, -0.2) is 53.9 Å². The molecule has 0 bridgehead atoms. The fraction of sp³-hybridized carbons (Fsp3) is 0.214. The monoisotopic (exact) mass is 635 g/mol. The zero-order valence-corrected chi connectivity index (χ0v) is 24.4. The van der Waals surface area contributed by atoms with E-state index >= 15 is 0 Å². The molecule has 0 radical (unpaired) electrons. The number of aromatic nitrogens is 5. The molecule has 2 saturated heterocycles. The Balaban J connectivity index is 0.00000325. The molecule has 16 heteroatoms. The molecule has 2 aliphatic heterocycles. The highest BCUT2D eigenvalue weighted by Gasteiger charge is 2.51. The van der Waals surface area contributed by atoms with E-state index in [1.807, 2.05) is 30.3 Å². The maximum Gasteiger partial charge on any atom is 1.00 e. The van der Waals surface area contributed by atoms with Crippen LogP contribution in [0.1, 0.15) is 13.2 Å². The van der Waals surface area contributed by atoms with Gasteiger partial charge in [0, 0.05) is 22.5 Å². The number of fused-ring (bicyclic) bond motifs is 4. The van der Waals surface area contributed by atoms with Gasteiger partial charge in [0.25, 0.3) is 13.4 Å². The van der Waals surface area contributed by atoms with Gasteiger partial charge in [0.05, 0.1) is 12.3 Å². The lowest BCUT2D eigenvalue weighted by Crippen LogP contribution is -2.41. The van der Waals surface area contributed by atoms with Crippen LogP contribution < -0.4 is 16.1 Å². The lowest BCUT2D eigenvalue weighted by atomic mass is 10.1. The van der Waals surface area contributed by atoms with Crippen LogP contribution in [0.5, 0.6) is 0 Å². The van der Waals surface area contributed by atoms with Gasteiger partial charge in [-0.15, -0.1) is 0 Å². The van der Waals surface area contributed by atoms with E-state index in [1.165, 1.54) is 15.0 Å². The molecule has 4 aromatic heterocycles. The zero-order valence-electron chi connectivity index (χ0n) is 23.6. The van der Waals surface area contributed by atoms with Crippen molar-refractivity contribution in [2.45, 2.75) is 41.5 Å². The highest BCUT2D eigenvalue weighted by molar-refractivity contribution is 7.99. The van der Waals surface area contributed by atoms with Crippen LogP contribution in [0.15, 0.2) is 84.9 Å². The van der Waals surface area contributed by atoms with Crippen LogP contribution in [0.2, 0.25) is 0 Å². The molecule has 2 aromatic carbocycles. The summed E-state index contributed by atoms with van der Waals surface area (Å²) < 4.78 is 36.1. The molecule has 2 aliphatic rings. The summed E-state index contributed by atoms with van der Waals surface area (Å²) in [5, 5.41) is 12.2. The van der Waals surface area contributed by atoms with Crippen molar-refractivity contribution in [1.82, 2.24) is 23.9 Å². The predicted octanol–water partition coefficient (Wildman–Crippen LogP) is 2.86. The van der Waals surface area contributed by atoms with Gasteiger partial charge < -0.3 is 33.2 Å². The molecule has 0 spiro atoms. The Morgan fingerprint density at radius 1 is 1.16 bits per heavy atom. The lowest BCUT2D eigenvalue weighted by molar-refractivity contribution is -0.245. The number of hydrogen-bond donors (Lipinski definition) is 2. The summed E-state index contributed by atoms with van der Waals surface area (Å²) in [5.74, 6) is 0.218. The second-order valence-corrected chi connectivity index (χ2v) is 12.9. The number of phosphoric ester groups is 1. The van der Waals surface area contributed by atoms with Crippen LogP contribution in [0.3, 0.4) is 0 Å². The first-order chi connectivity index (χ1) is 21.1. The molecule has 224 valence electrons. The molecule has 5 atom stereocenters. The Labute approximate surface area is 251 Å². The van der Waals surface area contributed by atoms with E-state index in [-0.39, 0.29) is 30.1 Å². The van der Waals surface area contributed by atoms with Crippen LogP contribution in [0, 0.1) is 6.92 Å². The molecule has 2 N–H and O–H groups in total. The highest BCUT2D eigenvalue weighted by atomic mass is 32.2. The number of aliphatic hydroxyl groups excluding tert-OH is 1. The summed E-state index contributed by atoms with van der Waals surface area (Å²) in [7, 11) is -4.64. The summed E-state index contributed by atoms with van der Waals surface area (Å²) in [5.41, 5.74) is 1.72. The Kier molecular flexibility index (Phi) is 6.22. The smallest absolute Gasteiger partial charge is 0.756 e. The third kappa shape index (κ3) is 4.44. The Morgan fingerprint density at radius 2 is 1.98 bits per heavy atom. The third-order valence-corrected chi connectivity index (χ3v) is 9.58. The minimum atomic E-state index is -4.64. The van der Waals surface area contributed by atoms with Gasteiger partial charge in [-0.1, -0.05) is 42.1 Å². The number of phosphoric acid groups is 1. The number of nitrogens with zero attached hydrogens (tertiary/aromatic N) is 4.